The minimum absolute atomic E-state index is 0.0657. The van der Waals surface area contributed by atoms with Crippen LogP contribution >= 0.6 is 0 Å². The van der Waals surface area contributed by atoms with E-state index in [0.29, 0.717) is 25.9 Å². The number of carbonyl (C=O) groups excluding carboxylic acids is 3. The molecule has 0 N–H and O–H groups in total. The summed E-state index contributed by atoms with van der Waals surface area (Å²) in [5, 5.41) is 0. The summed E-state index contributed by atoms with van der Waals surface area (Å²) in [4.78, 5) is 39.0. The molecule has 1 heterocycles. The van der Waals surface area contributed by atoms with Gasteiger partial charge < -0.3 is 14.5 Å². The molecule has 0 aromatic heterocycles. The van der Waals surface area contributed by atoms with Gasteiger partial charge in [-0.15, -0.1) is 0 Å². The van der Waals surface area contributed by atoms with Crippen LogP contribution in [0.4, 0.5) is 0 Å². The number of rotatable bonds is 6. The second-order valence-corrected chi connectivity index (χ2v) is 6.08. The predicted octanol–water partition coefficient (Wildman–Crippen LogP) is 1.10. The van der Waals surface area contributed by atoms with Crippen molar-refractivity contribution in [3.8, 4) is 0 Å². The average Bonchev–Trinajstić information content (AvgIpc) is 2.61. The van der Waals surface area contributed by atoms with Gasteiger partial charge in [0.05, 0.1) is 13.0 Å². The first-order valence-electron chi connectivity index (χ1n) is 8.14. The number of amides is 2. The van der Waals surface area contributed by atoms with Gasteiger partial charge in [-0.25, -0.2) is 0 Å². The Morgan fingerprint density at radius 2 is 2.00 bits per heavy atom. The van der Waals surface area contributed by atoms with Crippen LogP contribution in [0.25, 0.3) is 0 Å². The highest BCUT2D eigenvalue weighted by Crippen LogP contribution is 2.20. The van der Waals surface area contributed by atoms with E-state index in [2.05, 4.69) is 4.74 Å². The number of hydrogen-bond donors (Lipinski definition) is 0. The molecule has 0 saturated carbocycles. The predicted molar refractivity (Wildman–Crippen MR) is 89.1 cm³/mol. The lowest BCUT2D eigenvalue weighted by atomic mass is 9.95. The maximum Gasteiger partial charge on any atom is 0.325 e. The van der Waals surface area contributed by atoms with Crippen molar-refractivity contribution in [1.82, 2.24) is 9.80 Å². The number of methoxy groups -OCH3 is 1. The van der Waals surface area contributed by atoms with Gasteiger partial charge in [-0.05, 0) is 18.4 Å². The Morgan fingerprint density at radius 3 is 2.67 bits per heavy atom. The van der Waals surface area contributed by atoms with E-state index >= 15 is 0 Å². The lowest BCUT2D eigenvalue weighted by Crippen LogP contribution is -2.47. The largest absolute Gasteiger partial charge is 0.468 e. The number of benzene rings is 1. The zero-order valence-electron chi connectivity index (χ0n) is 14.2. The smallest absolute Gasteiger partial charge is 0.325 e. The number of nitrogens with zero attached hydrogens (tertiary/aromatic N) is 2. The Bertz CT molecular complexity index is 588. The first-order valence-corrected chi connectivity index (χ1v) is 8.14. The number of hydrogen-bond acceptors (Lipinski definition) is 4. The fourth-order valence-electron chi connectivity index (χ4n) is 2.89. The van der Waals surface area contributed by atoms with Crippen LogP contribution in [-0.4, -0.2) is 61.4 Å². The summed E-state index contributed by atoms with van der Waals surface area (Å²) in [6.45, 7) is 0.952. The summed E-state index contributed by atoms with van der Waals surface area (Å²) in [5.41, 5.74) is 1.17. The van der Waals surface area contributed by atoms with Gasteiger partial charge in [0.25, 0.3) is 0 Å². The second kappa shape index (κ2) is 8.47. The zero-order valence-corrected chi connectivity index (χ0v) is 14.2. The van der Waals surface area contributed by atoms with E-state index in [4.69, 9.17) is 0 Å². The molecule has 130 valence electrons. The molecule has 2 rings (SSSR count). The summed E-state index contributed by atoms with van der Waals surface area (Å²) in [6.07, 6.45) is 1.67. The van der Waals surface area contributed by atoms with Crippen molar-refractivity contribution in [2.75, 3.05) is 33.8 Å². The zero-order chi connectivity index (χ0) is 17.5. The molecule has 24 heavy (non-hydrogen) atoms. The molecular formula is C18H24N2O4. The molecule has 0 radical (unpaired) electrons. The standard InChI is InChI=1S/C18H24N2O4/c1-19(13-17(22)24-2)18(23)15-8-9-16(21)20(12-15)11-10-14-6-4-3-5-7-14/h3-7,15H,8-13H2,1-2H3/t15-/m0/s1. The highest BCUT2D eigenvalue weighted by atomic mass is 16.5. The van der Waals surface area contributed by atoms with Gasteiger partial charge in [-0.2, -0.15) is 0 Å². The minimum atomic E-state index is -0.446. The Kier molecular flexibility index (Phi) is 6.35. The third-order valence-electron chi connectivity index (χ3n) is 4.33. The Morgan fingerprint density at radius 1 is 1.29 bits per heavy atom. The molecule has 1 atom stereocenters. The molecule has 1 saturated heterocycles. The topological polar surface area (TPSA) is 66.9 Å². The van der Waals surface area contributed by atoms with Gasteiger partial charge in [0.2, 0.25) is 11.8 Å². The molecular weight excluding hydrogens is 308 g/mol. The van der Waals surface area contributed by atoms with Crippen molar-refractivity contribution in [1.29, 1.82) is 0 Å². The van der Waals surface area contributed by atoms with Crippen LogP contribution in [0, 0.1) is 5.92 Å². The van der Waals surface area contributed by atoms with Gasteiger partial charge in [0.15, 0.2) is 0 Å². The number of carbonyl (C=O) groups is 3. The molecule has 6 nitrogen and oxygen atoms in total. The van der Waals surface area contributed by atoms with E-state index in [1.165, 1.54) is 17.6 Å². The summed E-state index contributed by atoms with van der Waals surface area (Å²) in [5.74, 6) is -0.727. The van der Waals surface area contributed by atoms with Gasteiger partial charge in [0, 0.05) is 26.6 Å². The summed E-state index contributed by atoms with van der Waals surface area (Å²) in [6, 6.07) is 9.96. The molecule has 1 aromatic rings. The van der Waals surface area contributed by atoms with E-state index in [1.807, 2.05) is 30.3 Å². The van der Waals surface area contributed by atoms with Crippen LogP contribution in [0.15, 0.2) is 30.3 Å². The first kappa shape index (κ1) is 18.0. The molecule has 1 fully saturated rings. The monoisotopic (exact) mass is 332 g/mol. The van der Waals surface area contributed by atoms with Crippen LogP contribution in [-0.2, 0) is 25.5 Å². The molecule has 0 unspecified atom stereocenters. The van der Waals surface area contributed by atoms with Crippen molar-refractivity contribution in [3.63, 3.8) is 0 Å². The molecule has 0 spiro atoms. The van der Waals surface area contributed by atoms with Gasteiger partial charge in [-0.3, -0.25) is 14.4 Å². The Labute approximate surface area is 142 Å². The van der Waals surface area contributed by atoms with Gasteiger partial charge in [0.1, 0.15) is 6.54 Å². The Hall–Kier alpha value is -2.37. The second-order valence-electron chi connectivity index (χ2n) is 6.08. The highest BCUT2D eigenvalue weighted by molar-refractivity contribution is 5.86. The van der Waals surface area contributed by atoms with Gasteiger partial charge in [-0.1, -0.05) is 30.3 Å². The van der Waals surface area contributed by atoms with Crippen molar-refractivity contribution in [2.24, 2.45) is 5.92 Å². The maximum absolute atomic E-state index is 12.5. The minimum Gasteiger partial charge on any atom is -0.468 e. The van der Waals surface area contributed by atoms with Crippen LogP contribution in [0.2, 0.25) is 0 Å². The van der Waals surface area contributed by atoms with E-state index in [-0.39, 0.29) is 24.3 Å². The molecule has 1 aromatic carbocycles. The fraction of sp³-hybridized carbons (Fsp3) is 0.500. The lowest BCUT2D eigenvalue weighted by molar-refractivity contribution is -0.149. The molecule has 1 aliphatic rings. The third kappa shape index (κ3) is 4.81. The van der Waals surface area contributed by atoms with Crippen LogP contribution in [0.1, 0.15) is 18.4 Å². The highest BCUT2D eigenvalue weighted by Gasteiger charge is 2.32. The SMILES string of the molecule is COC(=O)CN(C)C(=O)[C@H]1CCC(=O)N(CCc2ccccc2)C1. The summed E-state index contributed by atoms with van der Waals surface area (Å²) >= 11 is 0. The van der Waals surface area contributed by atoms with Crippen LogP contribution in [0.5, 0.6) is 0 Å². The van der Waals surface area contributed by atoms with Crippen molar-refractivity contribution >= 4 is 17.8 Å². The number of likely N-dealkylation sites (tertiary alicyclic amines) is 1. The van der Waals surface area contributed by atoms with E-state index in [9.17, 15) is 14.4 Å². The maximum atomic E-state index is 12.5. The van der Waals surface area contributed by atoms with E-state index in [1.54, 1.807) is 11.9 Å². The molecule has 0 bridgehead atoms. The van der Waals surface area contributed by atoms with Crippen molar-refractivity contribution in [3.05, 3.63) is 35.9 Å². The number of ether oxygens (including phenoxy) is 1. The van der Waals surface area contributed by atoms with Crippen LogP contribution < -0.4 is 0 Å². The van der Waals surface area contributed by atoms with E-state index in [0.717, 1.165) is 6.42 Å². The lowest BCUT2D eigenvalue weighted by Gasteiger charge is -2.33. The first-order chi connectivity index (χ1) is 11.5. The van der Waals surface area contributed by atoms with Crippen molar-refractivity contribution in [2.45, 2.75) is 19.3 Å². The normalized spacial score (nSPS) is 17.5. The molecule has 0 aliphatic carbocycles. The number of piperidine rings is 1. The van der Waals surface area contributed by atoms with Crippen LogP contribution in [0.3, 0.4) is 0 Å². The quantitative estimate of drug-likeness (QED) is 0.732. The number of likely N-dealkylation sites (N-methyl/N-ethyl adjacent to an activating group) is 1. The van der Waals surface area contributed by atoms with Gasteiger partial charge >= 0.3 is 5.97 Å². The number of esters is 1. The Balaban J connectivity index is 1.90. The van der Waals surface area contributed by atoms with Crippen molar-refractivity contribution < 1.29 is 19.1 Å². The van der Waals surface area contributed by atoms with E-state index < -0.39 is 5.97 Å². The molecule has 1 aliphatic heterocycles. The fourth-order valence-corrected chi connectivity index (χ4v) is 2.89. The molecule has 2 amide bonds. The third-order valence-corrected chi connectivity index (χ3v) is 4.33. The summed E-state index contributed by atoms with van der Waals surface area (Å²) in [7, 11) is 2.88. The molecule has 6 heteroatoms. The average molecular weight is 332 g/mol. The summed E-state index contributed by atoms with van der Waals surface area (Å²) < 4.78 is 4.59.